The van der Waals surface area contributed by atoms with Crippen LogP contribution in [0.4, 0.5) is 0 Å². The molecule has 4 rings (SSSR count). The predicted octanol–water partition coefficient (Wildman–Crippen LogP) is 4.71. The minimum absolute atomic E-state index is 0.230. The van der Waals surface area contributed by atoms with E-state index >= 15 is 0 Å². The molecule has 0 radical (unpaired) electrons. The molecule has 0 bridgehead atoms. The Balaban J connectivity index is 1.39. The first-order chi connectivity index (χ1) is 14.1. The van der Waals surface area contributed by atoms with E-state index in [9.17, 15) is 9.59 Å². The van der Waals surface area contributed by atoms with Gasteiger partial charge in [-0.25, -0.2) is 4.98 Å². The number of esters is 1. The number of hydrogen-bond acceptors (Lipinski definition) is 6. The molecule has 1 saturated carbocycles. The average molecular weight is 429 g/mol. The Hall–Kier alpha value is -2.25. The number of hydrogen-bond donors (Lipinski definition) is 1. The largest absolute Gasteiger partial charge is 0.455 e. The molecule has 5 nitrogen and oxygen atoms in total. The number of carbonyl (C=O) groups excluding carboxylic acids is 2. The van der Waals surface area contributed by atoms with Gasteiger partial charge in [0.05, 0.1) is 27.2 Å². The van der Waals surface area contributed by atoms with Gasteiger partial charge < -0.3 is 10.1 Å². The highest BCUT2D eigenvalue weighted by Crippen LogP contribution is 2.41. The fraction of sp³-hybridized carbons (Fsp3) is 0.409. The van der Waals surface area contributed by atoms with Crippen molar-refractivity contribution in [2.75, 3.05) is 6.61 Å². The summed E-state index contributed by atoms with van der Waals surface area (Å²) in [6, 6.07) is 11.9. The third-order valence-corrected chi connectivity index (χ3v) is 7.36. The molecule has 0 unspecified atom stereocenters. The van der Waals surface area contributed by atoms with Crippen LogP contribution in [0.2, 0.25) is 0 Å². The van der Waals surface area contributed by atoms with E-state index in [0.717, 1.165) is 52.2 Å². The first-order valence-corrected chi connectivity index (χ1v) is 11.7. The molecule has 0 atom stereocenters. The number of rotatable bonds is 7. The van der Waals surface area contributed by atoms with Crippen LogP contribution in [0.1, 0.15) is 42.0 Å². The van der Waals surface area contributed by atoms with Gasteiger partial charge in [-0.1, -0.05) is 37.5 Å². The number of ether oxygens (including phenoxy) is 1. The van der Waals surface area contributed by atoms with Crippen molar-refractivity contribution < 1.29 is 14.3 Å². The highest BCUT2D eigenvalue weighted by molar-refractivity contribution is 7.18. The molecule has 1 N–H and O–H groups in total. The molecule has 1 aliphatic rings. The first-order valence-electron chi connectivity index (χ1n) is 9.95. The standard InChI is InChI=1S/C22H24N2O3S2/c25-19(23-14-16-7-6-12-28-16)15-27-21(26)22(10-4-1-5-11-22)13-20-24-17-8-2-3-9-18(17)29-20/h2-3,6-9,12H,1,4-5,10-11,13-15H2,(H,23,25). The SMILES string of the molecule is O=C(COC(=O)C1(Cc2nc3ccccc3s2)CCCCC1)NCc1cccs1. The Labute approximate surface area is 178 Å². The van der Waals surface area contributed by atoms with Gasteiger partial charge in [-0.15, -0.1) is 22.7 Å². The number of thiazole rings is 1. The number of benzene rings is 1. The summed E-state index contributed by atoms with van der Waals surface area (Å²) in [5.74, 6) is -0.527. The molecule has 2 aromatic heterocycles. The summed E-state index contributed by atoms with van der Waals surface area (Å²) in [5, 5.41) is 5.74. The lowest BCUT2D eigenvalue weighted by Gasteiger charge is -2.34. The molecule has 0 saturated heterocycles. The lowest BCUT2D eigenvalue weighted by Crippen LogP contribution is -2.39. The zero-order valence-corrected chi connectivity index (χ0v) is 17.8. The van der Waals surface area contributed by atoms with Crippen LogP contribution in [0.5, 0.6) is 0 Å². The van der Waals surface area contributed by atoms with Crippen molar-refractivity contribution in [1.29, 1.82) is 0 Å². The molecular formula is C22H24N2O3S2. The molecule has 29 heavy (non-hydrogen) atoms. The predicted molar refractivity (Wildman–Crippen MR) is 116 cm³/mol. The van der Waals surface area contributed by atoms with Crippen molar-refractivity contribution in [3.05, 3.63) is 51.7 Å². The molecule has 152 valence electrons. The molecule has 1 aromatic carbocycles. The van der Waals surface area contributed by atoms with Gasteiger partial charge in [0.1, 0.15) is 0 Å². The van der Waals surface area contributed by atoms with Gasteiger partial charge >= 0.3 is 5.97 Å². The van der Waals surface area contributed by atoms with Crippen LogP contribution >= 0.6 is 22.7 Å². The zero-order valence-electron chi connectivity index (χ0n) is 16.2. The van der Waals surface area contributed by atoms with Crippen molar-refractivity contribution in [3.63, 3.8) is 0 Å². The lowest BCUT2D eigenvalue weighted by molar-refractivity contribution is -0.161. The number of nitrogens with zero attached hydrogens (tertiary/aromatic N) is 1. The van der Waals surface area contributed by atoms with Gasteiger partial charge in [-0.05, 0) is 36.4 Å². The van der Waals surface area contributed by atoms with E-state index in [0.29, 0.717) is 13.0 Å². The second kappa shape index (κ2) is 9.05. The third-order valence-electron chi connectivity index (χ3n) is 5.45. The Kier molecular flexibility index (Phi) is 6.25. The van der Waals surface area contributed by atoms with Crippen LogP contribution in [0.15, 0.2) is 41.8 Å². The molecule has 0 aliphatic heterocycles. The van der Waals surface area contributed by atoms with E-state index in [1.54, 1.807) is 22.7 Å². The Bertz CT molecular complexity index is 942. The number of nitrogens with one attached hydrogen (secondary N) is 1. The molecule has 0 spiro atoms. The minimum atomic E-state index is -0.569. The molecular weight excluding hydrogens is 404 g/mol. The molecule has 7 heteroatoms. The normalized spacial score (nSPS) is 15.9. The first kappa shape index (κ1) is 20.0. The maximum Gasteiger partial charge on any atom is 0.313 e. The fourth-order valence-electron chi connectivity index (χ4n) is 3.90. The molecule has 3 aromatic rings. The summed E-state index contributed by atoms with van der Waals surface area (Å²) in [4.78, 5) is 31.0. The number of para-hydroxylation sites is 1. The van der Waals surface area contributed by atoms with Crippen molar-refractivity contribution in [1.82, 2.24) is 10.3 Å². The Morgan fingerprint density at radius 1 is 1.10 bits per heavy atom. The lowest BCUT2D eigenvalue weighted by atomic mass is 9.72. The summed E-state index contributed by atoms with van der Waals surface area (Å²) in [6.07, 6.45) is 5.31. The summed E-state index contributed by atoms with van der Waals surface area (Å²) in [6.45, 7) is 0.233. The van der Waals surface area contributed by atoms with Crippen LogP contribution in [0.25, 0.3) is 10.2 Å². The van der Waals surface area contributed by atoms with E-state index in [1.165, 1.54) is 0 Å². The average Bonchev–Trinajstić information content (AvgIpc) is 3.40. The minimum Gasteiger partial charge on any atom is -0.455 e. The fourth-order valence-corrected chi connectivity index (χ4v) is 5.66. The number of carbonyl (C=O) groups is 2. The smallest absolute Gasteiger partial charge is 0.313 e. The topological polar surface area (TPSA) is 68.3 Å². The number of amides is 1. The summed E-state index contributed by atoms with van der Waals surface area (Å²) < 4.78 is 6.63. The van der Waals surface area contributed by atoms with Crippen LogP contribution < -0.4 is 5.32 Å². The maximum absolute atomic E-state index is 13.1. The van der Waals surface area contributed by atoms with Crippen LogP contribution in [0.3, 0.4) is 0 Å². The van der Waals surface area contributed by atoms with E-state index in [2.05, 4.69) is 11.4 Å². The highest BCUT2D eigenvalue weighted by atomic mass is 32.1. The number of thiophene rings is 1. The van der Waals surface area contributed by atoms with Crippen molar-refractivity contribution in [3.8, 4) is 0 Å². The maximum atomic E-state index is 13.1. The van der Waals surface area contributed by atoms with Gasteiger partial charge in [-0.3, -0.25) is 9.59 Å². The van der Waals surface area contributed by atoms with E-state index in [4.69, 9.17) is 9.72 Å². The third kappa shape index (κ3) is 4.85. The Morgan fingerprint density at radius 3 is 2.69 bits per heavy atom. The van der Waals surface area contributed by atoms with Gasteiger partial charge in [-0.2, -0.15) is 0 Å². The molecule has 1 amide bonds. The van der Waals surface area contributed by atoms with Gasteiger partial charge in [0, 0.05) is 11.3 Å². The Morgan fingerprint density at radius 2 is 1.93 bits per heavy atom. The van der Waals surface area contributed by atoms with Crippen LogP contribution in [0, 0.1) is 5.41 Å². The van der Waals surface area contributed by atoms with Crippen molar-refractivity contribution >= 4 is 44.8 Å². The van der Waals surface area contributed by atoms with Crippen molar-refractivity contribution in [2.24, 2.45) is 5.41 Å². The van der Waals surface area contributed by atoms with E-state index in [1.807, 2.05) is 35.7 Å². The summed E-state index contributed by atoms with van der Waals surface area (Å²) in [7, 11) is 0. The monoisotopic (exact) mass is 428 g/mol. The van der Waals surface area contributed by atoms with Gasteiger partial charge in [0.15, 0.2) is 6.61 Å². The van der Waals surface area contributed by atoms with E-state index in [-0.39, 0.29) is 18.5 Å². The zero-order chi connectivity index (χ0) is 20.1. The van der Waals surface area contributed by atoms with Crippen LogP contribution in [-0.4, -0.2) is 23.5 Å². The second-order valence-corrected chi connectivity index (χ2v) is 9.67. The number of fused-ring (bicyclic) bond motifs is 1. The molecule has 1 aliphatic carbocycles. The summed E-state index contributed by atoms with van der Waals surface area (Å²) >= 11 is 3.23. The van der Waals surface area contributed by atoms with E-state index < -0.39 is 5.41 Å². The van der Waals surface area contributed by atoms with Gasteiger partial charge in [0.25, 0.3) is 5.91 Å². The van der Waals surface area contributed by atoms with Gasteiger partial charge in [0.2, 0.25) is 0 Å². The quantitative estimate of drug-likeness (QED) is 0.554. The molecule has 1 fully saturated rings. The van der Waals surface area contributed by atoms with Crippen molar-refractivity contribution in [2.45, 2.75) is 45.1 Å². The second-order valence-electron chi connectivity index (χ2n) is 7.53. The van der Waals surface area contributed by atoms with Crippen LogP contribution in [-0.2, 0) is 27.3 Å². The number of aromatic nitrogens is 1. The molecule has 2 heterocycles. The summed E-state index contributed by atoms with van der Waals surface area (Å²) in [5.41, 5.74) is 0.403. The highest BCUT2D eigenvalue weighted by Gasteiger charge is 2.42.